The fraction of sp³-hybridized carbons (Fsp3) is 0.533. The van der Waals surface area contributed by atoms with E-state index in [0.29, 0.717) is 18.0 Å². The zero-order chi connectivity index (χ0) is 24.8. The molecule has 2 aliphatic carbocycles. The number of likely N-dealkylation sites (tertiary alicyclic amines) is 1. The molecule has 2 fully saturated rings. The lowest BCUT2D eigenvalue weighted by atomic mass is 9.88. The molecule has 1 saturated carbocycles. The number of aliphatic hydroxyl groups is 1. The summed E-state index contributed by atoms with van der Waals surface area (Å²) in [5.74, 6) is 0.474. The Balaban J connectivity index is 1.31. The molecule has 6 rings (SSSR count). The first-order chi connectivity index (χ1) is 17.6. The average Bonchev–Trinajstić information content (AvgIpc) is 3.64. The number of benzene rings is 1. The minimum absolute atomic E-state index is 0.00775. The highest BCUT2D eigenvalue weighted by atomic mass is 16.3. The van der Waals surface area contributed by atoms with Gasteiger partial charge >= 0.3 is 0 Å². The molecular formula is C30H37N3O3. The van der Waals surface area contributed by atoms with Gasteiger partial charge in [0.15, 0.2) is 0 Å². The molecule has 2 aliphatic heterocycles. The maximum absolute atomic E-state index is 13.9. The molecule has 3 heterocycles. The van der Waals surface area contributed by atoms with Gasteiger partial charge in [-0.2, -0.15) is 0 Å². The van der Waals surface area contributed by atoms with Gasteiger partial charge in [0.2, 0.25) is 5.91 Å². The first-order valence-electron chi connectivity index (χ1n) is 13.7. The molecule has 0 unspecified atom stereocenters. The Morgan fingerprint density at radius 3 is 2.50 bits per heavy atom. The lowest BCUT2D eigenvalue weighted by Crippen LogP contribution is -2.52. The van der Waals surface area contributed by atoms with Crippen LogP contribution in [0.25, 0.3) is 6.08 Å². The van der Waals surface area contributed by atoms with Crippen LogP contribution < -0.4 is 10.9 Å². The predicted octanol–water partition coefficient (Wildman–Crippen LogP) is 3.32. The Kier molecular flexibility index (Phi) is 6.34. The first kappa shape index (κ1) is 23.7. The Morgan fingerprint density at radius 2 is 1.83 bits per heavy atom. The highest BCUT2D eigenvalue weighted by molar-refractivity contribution is 5.83. The number of nitrogens with one attached hydrogen (secondary N) is 1. The molecule has 0 spiro atoms. The number of allylic oxidation sites excluding steroid dienone is 1. The topological polar surface area (TPSA) is 74.6 Å². The molecule has 36 heavy (non-hydrogen) atoms. The average molecular weight is 488 g/mol. The first-order valence-corrected chi connectivity index (χ1v) is 13.7. The second kappa shape index (κ2) is 9.64. The number of carbonyl (C=O) groups excluding carboxylic acids is 1. The largest absolute Gasteiger partial charge is 0.396 e. The van der Waals surface area contributed by atoms with Crippen LogP contribution in [0.5, 0.6) is 0 Å². The quantitative estimate of drug-likeness (QED) is 0.656. The number of aromatic nitrogens is 1. The lowest BCUT2D eigenvalue weighted by molar-refractivity contribution is -0.128. The van der Waals surface area contributed by atoms with Crippen LogP contribution in [0.4, 0.5) is 0 Å². The molecule has 4 atom stereocenters. The van der Waals surface area contributed by atoms with Crippen LogP contribution in [0.1, 0.15) is 61.0 Å². The standard InChI is InChI=1S/C30H37N3O3/c1-2-7-20-12-13-26-27-24(17-32(26)30(20)36)25(18-34)28(33(27)16-19-8-3-4-9-19)29(35)31-23-14-21-10-5-6-11-22(21)15-23/h2,5-7,10-13,19,23-25,27-28,34H,3-4,8-9,14-18H2,1H3,(H,31,35)/b7-2+/t24-,25-,27+,28-/m1/s1. The van der Waals surface area contributed by atoms with Crippen LogP contribution in [-0.4, -0.2) is 45.7 Å². The number of fused-ring (bicyclic) bond motifs is 4. The van der Waals surface area contributed by atoms with Gasteiger partial charge in [-0.15, -0.1) is 0 Å². The molecule has 190 valence electrons. The summed E-state index contributed by atoms with van der Waals surface area (Å²) in [5, 5.41) is 14.0. The zero-order valence-electron chi connectivity index (χ0n) is 21.1. The maximum atomic E-state index is 13.9. The molecule has 1 saturated heterocycles. The van der Waals surface area contributed by atoms with Crippen molar-refractivity contribution in [1.29, 1.82) is 0 Å². The van der Waals surface area contributed by atoms with E-state index in [2.05, 4.69) is 40.5 Å². The Labute approximate surface area is 213 Å². The van der Waals surface area contributed by atoms with Crippen molar-refractivity contribution in [3.8, 4) is 0 Å². The van der Waals surface area contributed by atoms with Crippen LogP contribution in [0, 0.1) is 17.8 Å². The van der Waals surface area contributed by atoms with Gasteiger partial charge in [0.05, 0.1) is 12.1 Å². The minimum Gasteiger partial charge on any atom is -0.396 e. The van der Waals surface area contributed by atoms with E-state index in [0.717, 1.165) is 25.1 Å². The van der Waals surface area contributed by atoms with Gasteiger partial charge in [-0.1, -0.05) is 49.3 Å². The lowest BCUT2D eigenvalue weighted by Gasteiger charge is -2.33. The second-order valence-electron chi connectivity index (χ2n) is 11.3. The number of carbonyl (C=O) groups is 1. The van der Waals surface area contributed by atoms with E-state index in [4.69, 9.17) is 0 Å². The van der Waals surface area contributed by atoms with Crippen LogP contribution in [0.15, 0.2) is 47.3 Å². The molecule has 0 radical (unpaired) electrons. The van der Waals surface area contributed by atoms with Gasteiger partial charge in [0.25, 0.3) is 5.56 Å². The number of rotatable bonds is 6. The zero-order valence-corrected chi connectivity index (χ0v) is 21.1. The molecule has 6 heteroatoms. The van der Waals surface area contributed by atoms with Crippen molar-refractivity contribution in [1.82, 2.24) is 14.8 Å². The predicted molar refractivity (Wildman–Crippen MR) is 140 cm³/mol. The van der Waals surface area contributed by atoms with Crippen molar-refractivity contribution in [2.75, 3.05) is 13.2 Å². The van der Waals surface area contributed by atoms with Gasteiger partial charge in [-0.25, -0.2) is 0 Å². The van der Waals surface area contributed by atoms with Crippen LogP contribution >= 0.6 is 0 Å². The van der Waals surface area contributed by atoms with E-state index < -0.39 is 0 Å². The molecule has 2 N–H and O–H groups in total. The number of nitrogens with zero attached hydrogens (tertiary/aromatic N) is 2. The van der Waals surface area contributed by atoms with Crippen molar-refractivity contribution in [2.45, 2.75) is 70.1 Å². The minimum atomic E-state index is -0.367. The molecule has 1 aromatic heterocycles. The Hall–Kier alpha value is -2.70. The Bertz CT molecular complexity index is 1200. The molecule has 0 bridgehead atoms. The number of hydrogen-bond acceptors (Lipinski definition) is 4. The van der Waals surface area contributed by atoms with Crippen LogP contribution in [-0.2, 0) is 24.2 Å². The Morgan fingerprint density at radius 1 is 1.11 bits per heavy atom. The third-order valence-electron chi connectivity index (χ3n) is 9.18. The van der Waals surface area contributed by atoms with Gasteiger partial charge in [0, 0.05) is 48.8 Å². The van der Waals surface area contributed by atoms with E-state index >= 15 is 0 Å². The monoisotopic (exact) mass is 487 g/mol. The summed E-state index contributed by atoms with van der Waals surface area (Å²) < 4.78 is 1.90. The molecule has 6 nitrogen and oxygen atoms in total. The van der Waals surface area contributed by atoms with Crippen molar-refractivity contribution < 1.29 is 9.90 Å². The molecule has 2 aromatic rings. The molecule has 4 aliphatic rings. The summed E-state index contributed by atoms with van der Waals surface area (Å²) in [6.45, 7) is 3.29. The van der Waals surface area contributed by atoms with Crippen molar-refractivity contribution in [3.63, 3.8) is 0 Å². The van der Waals surface area contributed by atoms with Gasteiger partial charge in [-0.3, -0.25) is 14.5 Å². The highest BCUT2D eigenvalue weighted by Gasteiger charge is 2.56. The van der Waals surface area contributed by atoms with E-state index in [9.17, 15) is 14.7 Å². The fourth-order valence-electron chi connectivity index (χ4n) is 7.58. The van der Waals surface area contributed by atoms with Crippen molar-refractivity contribution in [2.24, 2.45) is 17.8 Å². The van der Waals surface area contributed by atoms with Crippen LogP contribution in [0.3, 0.4) is 0 Å². The third-order valence-corrected chi connectivity index (χ3v) is 9.18. The molecule has 1 aromatic carbocycles. The summed E-state index contributed by atoms with van der Waals surface area (Å²) in [6.07, 6.45) is 10.4. The molecule has 1 amide bonds. The van der Waals surface area contributed by atoms with Gasteiger partial charge in [0.1, 0.15) is 0 Å². The van der Waals surface area contributed by atoms with E-state index in [1.54, 1.807) is 0 Å². The summed E-state index contributed by atoms with van der Waals surface area (Å²) in [7, 11) is 0. The normalized spacial score (nSPS) is 28.1. The SMILES string of the molecule is C/C=C/c1ccc2n(c1=O)C[C@@H]1[C@@H](CO)[C@H](C(=O)NC3Cc4ccccc4C3)N(CC3CCCC3)[C@H]21. The number of amides is 1. The number of pyridine rings is 1. The van der Waals surface area contributed by atoms with E-state index in [1.807, 2.05) is 29.7 Å². The summed E-state index contributed by atoms with van der Waals surface area (Å²) in [4.78, 5) is 29.5. The number of aliphatic hydroxyl groups excluding tert-OH is 1. The third kappa shape index (κ3) is 3.95. The maximum Gasteiger partial charge on any atom is 0.258 e. The fourth-order valence-corrected chi connectivity index (χ4v) is 7.58. The van der Waals surface area contributed by atoms with E-state index in [-0.39, 0.29) is 48.0 Å². The number of hydrogen-bond donors (Lipinski definition) is 2. The van der Waals surface area contributed by atoms with E-state index in [1.165, 1.54) is 36.8 Å². The van der Waals surface area contributed by atoms with Crippen molar-refractivity contribution >= 4 is 12.0 Å². The van der Waals surface area contributed by atoms with Crippen molar-refractivity contribution in [3.05, 3.63) is 75.2 Å². The summed E-state index contributed by atoms with van der Waals surface area (Å²) in [6, 6.07) is 12.1. The van der Waals surface area contributed by atoms with Gasteiger partial charge < -0.3 is 15.0 Å². The highest BCUT2D eigenvalue weighted by Crippen LogP contribution is 2.50. The van der Waals surface area contributed by atoms with Crippen LogP contribution in [0.2, 0.25) is 0 Å². The second-order valence-corrected chi connectivity index (χ2v) is 11.3. The molecular weight excluding hydrogens is 450 g/mol. The summed E-state index contributed by atoms with van der Waals surface area (Å²) in [5.41, 5.74) is 4.36. The van der Waals surface area contributed by atoms with Gasteiger partial charge in [-0.05, 0) is 61.8 Å². The smallest absolute Gasteiger partial charge is 0.258 e. The summed E-state index contributed by atoms with van der Waals surface area (Å²) >= 11 is 0.